The summed E-state index contributed by atoms with van der Waals surface area (Å²) in [6.45, 7) is 0.619. The Morgan fingerprint density at radius 1 is 0.962 bits per heavy atom. The topological polar surface area (TPSA) is 55.1 Å². The number of nitrogens with one attached hydrogen (secondary N) is 1. The molecule has 2 aromatic rings. The number of fused-ring (bicyclic) bond motifs is 2. The average molecular weight is 371 g/mol. The molecule has 0 spiro atoms. The van der Waals surface area contributed by atoms with Gasteiger partial charge in [-0.05, 0) is 42.2 Å². The van der Waals surface area contributed by atoms with Crippen LogP contribution in [0.2, 0.25) is 0 Å². The lowest BCUT2D eigenvalue weighted by Crippen LogP contribution is -2.46. The van der Waals surface area contributed by atoms with Crippen LogP contribution in [0.5, 0.6) is 0 Å². The Morgan fingerprint density at radius 3 is 2.00 bits per heavy atom. The van der Waals surface area contributed by atoms with E-state index in [9.17, 15) is 4.79 Å². The zero-order valence-electron chi connectivity index (χ0n) is 14.9. The van der Waals surface area contributed by atoms with Crippen molar-refractivity contribution in [3.05, 3.63) is 71.8 Å². The van der Waals surface area contributed by atoms with Crippen molar-refractivity contribution < 1.29 is 4.79 Å². The third-order valence-electron chi connectivity index (χ3n) is 6.17. The van der Waals surface area contributed by atoms with Gasteiger partial charge in [0, 0.05) is 18.5 Å². The fourth-order valence-electron chi connectivity index (χ4n) is 4.84. The molecule has 4 heteroatoms. The van der Waals surface area contributed by atoms with Crippen LogP contribution < -0.4 is 11.1 Å². The highest BCUT2D eigenvalue weighted by Crippen LogP contribution is 2.47. The lowest BCUT2D eigenvalue weighted by atomic mass is 9.84. The predicted octanol–water partition coefficient (Wildman–Crippen LogP) is 3.73. The number of amides is 1. The van der Waals surface area contributed by atoms with Crippen molar-refractivity contribution in [3.8, 4) is 0 Å². The molecule has 2 fully saturated rings. The van der Waals surface area contributed by atoms with E-state index in [1.165, 1.54) is 17.5 Å². The van der Waals surface area contributed by atoms with E-state index in [1.807, 2.05) is 12.1 Å². The molecule has 0 radical (unpaired) electrons. The normalized spacial score (nSPS) is 26.5. The molecule has 0 aliphatic heterocycles. The van der Waals surface area contributed by atoms with E-state index >= 15 is 0 Å². The van der Waals surface area contributed by atoms with Gasteiger partial charge in [-0.25, -0.2) is 0 Å². The van der Waals surface area contributed by atoms with E-state index < -0.39 is 0 Å². The minimum absolute atomic E-state index is 0. The van der Waals surface area contributed by atoms with Gasteiger partial charge in [-0.2, -0.15) is 0 Å². The fraction of sp³-hybridized carbons (Fsp3) is 0.409. The lowest BCUT2D eigenvalue weighted by Gasteiger charge is -2.28. The van der Waals surface area contributed by atoms with Crippen molar-refractivity contribution in [2.75, 3.05) is 6.54 Å². The molecule has 1 amide bonds. The first kappa shape index (κ1) is 18.9. The maximum atomic E-state index is 12.8. The highest BCUT2D eigenvalue weighted by atomic mass is 35.5. The van der Waals surface area contributed by atoms with Gasteiger partial charge in [-0.1, -0.05) is 60.7 Å². The average Bonchev–Trinajstić information content (AvgIpc) is 3.25. The molecule has 26 heavy (non-hydrogen) atoms. The third-order valence-corrected chi connectivity index (χ3v) is 6.17. The second-order valence-electron chi connectivity index (χ2n) is 7.56. The second-order valence-corrected chi connectivity index (χ2v) is 7.56. The molecule has 138 valence electrons. The summed E-state index contributed by atoms with van der Waals surface area (Å²) in [6, 6.07) is 20.8. The van der Waals surface area contributed by atoms with E-state index in [-0.39, 0.29) is 36.2 Å². The zero-order chi connectivity index (χ0) is 17.2. The molecule has 0 aromatic heterocycles. The monoisotopic (exact) mass is 370 g/mol. The van der Waals surface area contributed by atoms with Gasteiger partial charge in [0.1, 0.15) is 0 Å². The van der Waals surface area contributed by atoms with Crippen molar-refractivity contribution in [1.29, 1.82) is 0 Å². The van der Waals surface area contributed by atoms with Crippen molar-refractivity contribution in [2.24, 2.45) is 23.5 Å². The fourth-order valence-corrected chi connectivity index (χ4v) is 4.84. The minimum Gasteiger partial charge on any atom is -0.355 e. The summed E-state index contributed by atoms with van der Waals surface area (Å²) in [4.78, 5) is 12.8. The molecule has 4 rings (SSSR count). The molecule has 2 aliphatic carbocycles. The number of rotatable bonds is 5. The Bertz CT molecular complexity index is 680. The smallest absolute Gasteiger partial charge is 0.225 e. The first-order valence-electron chi connectivity index (χ1n) is 9.37. The number of halogens is 1. The SMILES string of the molecule is Cl.NC1C2CCC(C2)C1C(=O)NCC(c1ccccc1)c1ccccc1. The molecule has 0 saturated heterocycles. The number of hydrogen-bond donors (Lipinski definition) is 2. The van der Waals surface area contributed by atoms with Crippen molar-refractivity contribution in [1.82, 2.24) is 5.32 Å². The van der Waals surface area contributed by atoms with Gasteiger partial charge in [0.15, 0.2) is 0 Å². The summed E-state index contributed by atoms with van der Waals surface area (Å²) in [7, 11) is 0. The highest BCUT2D eigenvalue weighted by Gasteiger charge is 2.49. The molecule has 2 saturated carbocycles. The minimum atomic E-state index is 0. The molecular weight excluding hydrogens is 344 g/mol. The van der Waals surface area contributed by atoms with Gasteiger partial charge >= 0.3 is 0 Å². The Hall–Kier alpha value is -1.84. The molecule has 2 bridgehead atoms. The maximum absolute atomic E-state index is 12.8. The summed E-state index contributed by atoms with van der Waals surface area (Å²) in [5, 5.41) is 3.22. The van der Waals surface area contributed by atoms with Crippen LogP contribution in [0.3, 0.4) is 0 Å². The van der Waals surface area contributed by atoms with Crippen LogP contribution in [0, 0.1) is 17.8 Å². The summed E-state index contributed by atoms with van der Waals surface area (Å²) < 4.78 is 0. The molecule has 2 aliphatic rings. The van der Waals surface area contributed by atoms with Crippen molar-refractivity contribution >= 4 is 18.3 Å². The van der Waals surface area contributed by atoms with Crippen LogP contribution in [0.4, 0.5) is 0 Å². The van der Waals surface area contributed by atoms with Gasteiger partial charge in [0.25, 0.3) is 0 Å². The standard InChI is InChI=1S/C22H26N2O.ClH/c23-21-18-12-11-17(13-18)20(21)22(25)24-14-19(15-7-3-1-4-8-15)16-9-5-2-6-10-16;/h1-10,17-21H,11-14,23H2,(H,24,25);1H. The van der Waals surface area contributed by atoms with Gasteiger partial charge in [0.05, 0.1) is 5.92 Å². The van der Waals surface area contributed by atoms with Gasteiger partial charge in [0.2, 0.25) is 5.91 Å². The number of carbonyl (C=O) groups is 1. The second kappa shape index (κ2) is 8.24. The van der Waals surface area contributed by atoms with E-state index in [1.54, 1.807) is 0 Å². The number of carbonyl (C=O) groups excluding carboxylic acids is 1. The van der Waals surface area contributed by atoms with Gasteiger partial charge in [-0.15, -0.1) is 12.4 Å². The molecule has 3 N–H and O–H groups in total. The van der Waals surface area contributed by atoms with E-state index in [0.717, 1.165) is 12.8 Å². The molecule has 4 atom stereocenters. The number of hydrogen-bond acceptors (Lipinski definition) is 2. The maximum Gasteiger partial charge on any atom is 0.225 e. The molecule has 4 unspecified atom stereocenters. The summed E-state index contributed by atoms with van der Waals surface area (Å²) in [5.41, 5.74) is 8.79. The largest absolute Gasteiger partial charge is 0.355 e. The van der Waals surface area contributed by atoms with Crippen LogP contribution in [0.25, 0.3) is 0 Å². The van der Waals surface area contributed by atoms with Gasteiger partial charge in [-0.3, -0.25) is 4.79 Å². The quantitative estimate of drug-likeness (QED) is 0.842. The highest BCUT2D eigenvalue weighted by molar-refractivity contribution is 5.85. The molecular formula is C22H27ClN2O. The zero-order valence-corrected chi connectivity index (χ0v) is 15.7. The molecule has 0 heterocycles. The Labute approximate surface area is 161 Å². The van der Waals surface area contributed by atoms with E-state index in [4.69, 9.17) is 5.73 Å². The molecule has 2 aromatic carbocycles. The first-order valence-corrected chi connectivity index (χ1v) is 9.37. The number of benzene rings is 2. The predicted molar refractivity (Wildman–Crippen MR) is 107 cm³/mol. The van der Waals surface area contributed by atoms with Gasteiger partial charge < -0.3 is 11.1 Å². The van der Waals surface area contributed by atoms with Crippen LogP contribution in [0.1, 0.15) is 36.3 Å². The summed E-state index contributed by atoms with van der Waals surface area (Å²) >= 11 is 0. The third kappa shape index (κ3) is 3.65. The lowest BCUT2D eigenvalue weighted by molar-refractivity contribution is -0.127. The molecule has 3 nitrogen and oxygen atoms in total. The van der Waals surface area contributed by atoms with Crippen LogP contribution in [-0.4, -0.2) is 18.5 Å². The summed E-state index contributed by atoms with van der Waals surface area (Å²) in [5.74, 6) is 1.37. The number of nitrogens with two attached hydrogens (primary N) is 1. The first-order chi connectivity index (χ1) is 12.2. The Balaban J connectivity index is 0.00000196. The summed E-state index contributed by atoms with van der Waals surface area (Å²) in [6.07, 6.45) is 3.50. The van der Waals surface area contributed by atoms with Crippen LogP contribution in [0.15, 0.2) is 60.7 Å². The van der Waals surface area contributed by atoms with Crippen molar-refractivity contribution in [2.45, 2.75) is 31.2 Å². The van der Waals surface area contributed by atoms with E-state index in [2.05, 4.69) is 53.8 Å². The Kier molecular flexibility index (Phi) is 6.00. The van der Waals surface area contributed by atoms with E-state index in [0.29, 0.717) is 18.4 Å². The Morgan fingerprint density at radius 2 is 1.50 bits per heavy atom. The van der Waals surface area contributed by atoms with Crippen LogP contribution >= 0.6 is 12.4 Å². The van der Waals surface area contributed by atoms with Crippen molar-refractivity contribution in [3.63, 3.8) is 0 Å². The van der Waals surface area contributed by atoms with Crippen LogP contribution in [-0.2, 0) is 4.79 Å².